The van der Waals surface area contributed by atoms with Crippen molar-refractivity contribution in [3.63, 3.8) is 0 Å². The molecule has 0 N–H and O–H groups in total. The highest BCUT2D eigenvalue weighted by molar-refractivity contribution is 6.30. The van der Waals surface area contributed by atoms with Crippen LogP contribution in [0.25, 0.3) is 0 Å². The molecule has 18 heavy (non-hydrogen) atoms. The van der Waals surface area contributed by atoms with Gasteiger partial charge in [0, 0.05) is 34.1 Å². The fourth-order valence-corrected chi connectivity index (χ4v) is 1.75. The molecule has 2 aromatic rings. The summed E-state index contributed by atoms with van der Waals surface area (Å²) < 4.78 is 25.7. The van der Waals surface area contributed by atoms with Crippen LogP contribution < -0.4 is 0 Å². The molecule has 0 fully saturated rings. The van der Waals surface area contributed by atoms with Gasteiger partial charge in [-0.2, -0.15) is 0 Å². The van der Waals surface area contributed by atoms with Gasteiger partial charge in [0.25, 0.3) is 6.43 Å². The minimum Gasteiger partial charge on any atom is -0.289 e. The van der Waals surface area contributed by atoms with E-state index in [1.54, 1.807) is 6.07 Å². The normalized spacial score (nSPS) is 10.7. The van der Waals surface area contributed by atoms with Gasteiger partial charge < -0.3 is 0 Å². The smallest absolute Gasteiger partial charge is 0.264 e. The molecular weight excluding hydrogens is 260 g/mol. The van der Waals surface area contributed by atoms with Gasteiger partial charge in [-0.05, 0) is 30.3 Å². The van der Waals surface area contributed by atoms with E-state index in [4.69, 9.17) is 11.6 Å². The van der Waals surface area contributed by atoms with Gasteiger partial charge in [0.1, 0.15) is 0 Å². The summed E-state index contributed by atoms with van der Waals surface area (Å²) in [5.41, 5.74) is -0.152. The Labute approximate surface area is 107 Å². The maximum absolute atomic E-state index is 12.9. The van der Waals surface area contributed by atoms with Crippen LogP contribution >= 0.6 is 11.6 Å². The Bertz CT molecular complexity index is 572. The van der Waals surface area contributed by atoms with Gasteiger partial charge in [-0.3, -0.25) is 9.78 Å². The Morgan fingerprint density at radius 3 is 2.67 bits per heavy atom. The molecule has 5 heteroatoms. The van der Waals surface area contributed by atoms with E-state index in [9.17, 15) is 13.6 Å². The molecule has 2 rings (SSSR count). The largest absolute Gasteiger partial charge is 0.289 e. The zero-order chi connectivity index (χ0) is 13.1. The number of hydrogen-bond donors (Lipinski definition) is 0. The number of carbonyl (C=O) groups excluding carboxylic acids is 1. The molecule has 0 saturated carbocycles. The fourth-order valence-electron chi connectivity index (χ4n) is 1.57. The van der Waals surface area contributed by atoms with Crippen LogP contribution in [0.1, 0.15) is 27.9 Å². The predicted octanol–water partition coefficient (Wildman–Crippen LogP) is 3.90. The highest BCUT2D eigenvalue weighted by atomic mass is 35.5. The first-order valence-corrected chi connectivity index (χ1v) is 5.49. The second-order valence-electron chi connectivity index (χ2n) is 3.60. The van der Waals surface area contributed by atoms with Crippen molar-refractivity contribution in [3.05, 3.63) is 64.4 Å². The molecule has 0 aliphatic carbocycles. The molecule has 1 heterocycles. The number of ketones is 1. The van der Waals surface area contributed by atoms with Crippen molar-refractivity contribution in [2.45, 2.75) is 6.43 Å². The van der Waals surface area contributed by atoms with Crippen molar-refractivity contribution in [3.8, 4) is 0 Å². The van der Waals surface area contributed by atoms with Gasteiger partial charge in [0.15, 0.2) is 5.78 Å². The van der Waals surface area contributed by atoms with E-state index in [0.717, 1.165) is 6.07 Å². The van der Waals surface area contributed by atoms with Crippen LogP contribution in [0.4, 0.5) is 8.78 Å². The van der Waals surface area contributed by atoms with Crippen molar-refractivity contribution in [1.29, 1.82) is 0 Å². The Hall–Kier alpha value is -1.81. The molecule has 0 saturated heterocycles. The lowest BCUT2D eigenvalue weighted by atomic mass is 9.99. The number of alkyl halides is 2. The van der Waals surface area contributed by atoms with Crippen LogP contribution in [0.5, 0.6) is 0 Å². The summed E-state index contributed by atoms with van der Waals surface area (Å²) in [6.07, 6.45) is 0.0955. The highest BCUT2D eigenvalue weighted by Gasteiger charge is 2.19. The number of carbonyl (C=O) groups is 1. The number of nitrogens with zero attached hydrogens (tertiary/aromatic N) is 1. The molecule has 2 nitrogen and oxygen atoms in total. The Morgan fingerprint density at radius 1 is 1.28 bits per heavy atom. The predicted molar refractivity (Wildman–Crippen MR) is 64.1 cm³/mol. The third-order valence-corrected chi connectivity index (χ3v) is 2.65. The lowest BCUT2D eigenvalue weighted by molar-refractivity contribution is 0.102. The zero-order valence-electron chi connectivity index (χ0n) is 9.11. The molecule has 1 aromatic carbocycles. The summed E-state index contributed by atoms with van der Waals surface area (Å²) in [5, 5.41) is 0.174. The van der Waals surface area contributed by atoms with Crippen LogP contribution in [-0.4, -0.2) is 10.8 Å². The molecule has 0 atom stereocenters. The van der Waals surface area contributed by atoms with E-state index in [2.05, 4.69) is 4.98 Å². The zero-order valence-corrected chi connectivity index (χ0v) is 9.86. The van der Waals surface area contributed by atoms with E-state index in [-0.39, 0.29) is 21.7 Å². The first-order valence-electron chi connectivity index (χ1n) is 5.12. The van der Waals surface area contributed by atoms with Crippen LogP contribution in [-0.2, 0) is 0 Å². The summed E-state index contributed by atoms with van der Waals surface area (Å²) in [5.74, 6) is -0.491. The average Bonchev–Trinajstić information content (AvgIpc) is 2.39. The van der Waals surface area contributed by atoms with Gasteiger partial charge in [-0.25, -0.2) is 8.78 Å². The van der Waals surface area contributed by atoms with Gasteiger partial charge in [-0.1, -0.05) is 11.6 Å². The van der Waals surface area contributed by atoms with Crippen molar-refractivity contribution >= 4 is 17.4 Å². The summed E-state index contributed by atoms with van der Waals surface area (Å²) in [7, 11) is 0. The van der Waals surface area contributed by atoms with Crippen LogP contribution in [0, 0.1) is 0 Å². The van der Waals surface area contributed by atoms with Gasteiger partial charge >= 0.3 is 0 Å². The van der Waals surface area contributed by atoms with E-state index in [0.29, 0.717) is 0 Å². The van der Waals surface area contributed by atoms with Crippen molar-refractivity contribution in [2.75, 3.05) is 0 Å². The molecule has 0 unspecified atom stereocenters. The van der Waals surface area contributed by atoms with E-state index in [1.807, 2.05) is 0 Å². The minimum absolute atomic E-state index is 0.0533. The molecule has 1 aromatic heterocycles. The molecule has 0 spiro atoms. The van der Waals surface area contributed by atoms with Gasteiger partial charge in [0.05, 0.1) is 0 Å². The molecule has 0 amide bonds. The third kappa shape index (κ3) is 2.54. The van der Waals surface area contributed by atoms with Crippen molar-refractivity contribution < 1.29 is 13.6 Å². The van der Waals surface area contributed by atoms with Crippen molar-refractivity contribution in [2.24, 2.45) is 0 Å². The Balaban J connectivity index is 2.48. The Morgan fingerprint density at radius 2 is 2.06 bits per heavy atom. The summed E-state index contributed by atoms with van der Waals surface area (Å²) in [4.78, 5) is 15.9. The second kappa shape index (κ2) is 5.23. The van der Waals surface area contributed by atoms with E-state index in [1.165, 1.54) is 30.6 Å². The number of pyridine rings is 1. The van der Waals surface area contributed by atoms with Gasteiger partial charge in [0.2, 0.25) is 0 Å². The van der Waals surface area contributed by atoms with Crippen molar-refractivity contribution in [1.82, 2.24) is 4.98 Å². The second-order valence-corrected chi connectivity index (χ2v) is 4.04. The summed E-state index contributed by atoms with van der Waals surface area (Å²) in [6.45, 7) is 0. The van der Waals surface area contributed by atoms with E-state index < -0.39 is 12.2 Å². The molecule has 0 aliphatic rings. The quantitative estimate of drug-likeness (QED) is 0.790. The third-order valence-electron chi connectivity index (χ3n) is 2.42. The SMILES string of the molecule is O=C(c1cccnc1)c1ccc(Cl)cc1C(F)F. The number of benzene rings is 1. The number of hydrogen-bond acceptors (Lipinski definition) is 2. The first-order chi connectivity index (χ1) is 8.59. The standard InChI is InChI=1S/C13H8ClF2NO/c14-9-3-4-10(11(6-9)13(15)16)12(18)8-2-1-5-17-7-8/h1-7,13H. The lowest BCUT2D eigenvalue weighted by Crippen LogP contribution is -2.06. The van der Waals surface area contributed by atoms with Crippen LogP contribution in [0.3, 0.4) is 0 Å². The maximum atomic E-state index is 12.9. The van der Waals surface area contributed by atoms with Crippen LogP contribution in [0.2, 0.25) is 5.02 Å². The molecule has 0 radical (unpaired) electrons. The number of rotatable bonds is 3. The number of aromatic nitrogens is 1. The van der Waals surface area contributed by atoms with E-state index >= 15 is 0 Å². The topological polar surface area (TPSA) is 30.0 Å². The molecule has 0 aliphatic heterocycles. The summed E-state index contributed by atoms with van der Waals surface area (Å²) >= 11 is 5.65. The molecular formula is C13H8ClF2NO. The lowest BCUT2D eigenvalue weighted by Gasteiger charge is -2.08. The minimum atomic E-state index is -2.75. The Kier molecular flexibility index (Phi) is 3.67. The fraction of sp³-hybridized carbons (Fsp3) is 0.0769. The summed E-state index contributed by atoms with van der Waals surface area (Å²) in [6, 6.07) is 6.93. The monoisotopic (exact) mass is 267 g/mol. The molecule has 92 valence electrons. The molecule has 0 bridgehead atoms. The number of halogens is 3. The average molecular weight is 268 g/mol. The highest BCUT2D eigenvalue weighted by Crippen LogP contribution is 2.27. The maximum Gasteiger partial charge on any atom is 0.264 e. The van der Waals surface area contributed by atoms with Crippen LogP contribution in [0.15, 0.2) is 42.7 Å². The first kappa shape index (κ1) is 12.6. The van der Waals surface area contributed by atoms with Gasteiger partial charge in [-0.15, -0.1) is 0 Å².